The standard InChI is InChI=1S/C18H21NO2/c1-18(2,17(20)21)16-8-6-5-7-15(16)13-9-11-14(12-10-13)19(3)4/h5-12H,1-4H3,(H,20,21). The highest BCUT2D eigenvalue weighted by molar-refractivity contribution is 5.84. The molecule has 0 radical (unpaired) electrons. The van der Waals surface area contributed by atoms with Crippen LogP contribution in [0.15, 0.2) is 48.5 Å². The summed E-state index contributed by atoms with van der Waals surface area (Å²) in [6.45, 7) is 3.48. The zero-order chi connectivity index (χ0) is 15.6. The van der Waals surface area contributed by atoms with E-state index in [9.17, 15) is 9.90 Å². The molecule has 2 aromatic rings. The van der Waals surface area contributed by atoms with Crippen molar-refractivity contribution < 1.29 is 9.90 Å². The zero-order valence-electron chi connectivity index (χ0n) is 12.9. The lowest BCUT2D eigenvalue weighted by atomic mass is 9.80. The van der Waals surface area contributed by atoms with Crippen LogP contribution >= 0.6 is 0 Å². The van der Waals surface area contributed by atoms with Crippen LogP contribution in [0.1, 0.15) is 19.4 Å². The molecule has 0 aliphatic rings. The fraction of sp³-hybridized carbons (Fsp3) is 0.278. The van der Waals surface area contributed by atoms with E-state index in [4.69, 9.17) is 0 Å². The molecule has 0 spiro atoms. The minimum atomic E-state index is -0.920. The summed E-state index contributed by atoms with van der Waals surface area (Å²) in [6.07, 6.45) is 0. The molecule has 2 rings (SSSR count). The number of hydrogen-bond donors (Lipinski definition) is 1. The maximum absolute atomic E-state index is 11.5. The van der Waals surface area contributed by atoms with Crippen molar-refractivity contribution in [2.45, 2.75) is 19.3 Å². The molecule has 3 heteroatoms. The lowest BCUT2D eigenvalue weighted by Crippen LogP contribution is -2.29. The maximum atomic E-state index is 11.5. The first-order valence-corrected chi connectivity index (χ1v) is 6.94. The zero-order valence-corrected chi connectivity index (χ0v) is 12.9. The van der Waals surface area contributed by atoms with Crippen molar-refractivity contribution >= 4 is 11.7 Å². The van der Waals surface area contributed by atoms with Crippen molar-refractivity contribution in [3.8, 4) is 11.1 Å². The smallest absolute Gasteiger partial charge is 0.313 e. The number of carboxylic acid groups (broad SMARTS) is 1. The summed E-state index contributed by atoms with van der Waals surface area (Å²) in [5.41, 5.74) is 3.03. The van der Waals surface area contributed by atoms with Gasteiger partial charge in [0, 0.05) is 19.8 Å². The van der Waals surface area contributed by atoms with Gasteiger partial charge in [0.05, 0.1) is 5.41 Å². The van der Waals surface area contributed by atoms with Gasteiger partial charge in [0.25, 0.3) is 0 Å². The summed E-state index contributed by atoms with van der Waals surface area (Å²) in [5.74, 6) is -0.820. The Morgan fingerprint density at radius 3 is 2.10 bits per heavy atom. The highest BCUT2D eigenvalue weighted by Gasteiger charge is 2.31. The van der Waals surface area contributed by atoms with Gasteiger partial charge in [-0.3, -0.25) is 4.79 Å². The first-order valence-electron chi connectivity index (χ1n) is 6.94. The number of aliphatic carboxylic acids is 1. The quantitative estimate of drug-likeness (QED) is 0.928. The fourth-order valence-electron chi connectivity index (χ4n) is 2.33. The van der Waals surface area contributed by atoms with E-state index in [1.165, 1.54) is 0 Å². The van der Waals surface area contributed by atoms with Crippen LogP contribution in [0.4, 0.5) is 5.69 Å². The lowest BCUT2D eigenvalue weighted by Gasteiger charge is -2.23. The van der Waals surface area contributed by atoms with Crippen molar-refractivity contribution in [2.24, 2.45) is 0 Å². The third-order valence-corrected chi connectivity index (χ3v) is 3.83. The van der Waals surface area contributed by atoms with E-state index in [1.54, 1.807) is 13.8 Å². The van der Waals surface area contributed by atoms with E-state index in [0.717, 1.165) is 22.4 Å². The average molecular weight is 283 g/mol. The molecule has 3 nitrogen and oxygen atoms in total. The van der Waals surface area contributed by atoms with Crippen LogP contribution in [0, 0.1) is 0 Å². The van der Waals surface area contributed by atoms with E-state index in [0.29, 0.717) is 0 Å². The third-order valence-electron chi connectivity index (χ3n) is 3.83. The van der Waals surface area contributed by atoms with E-state index < -0.39 is 11.4 Å². The Balaban J connectivity index is 2.52. The number of carboxylic acids is 1. The molecule has 1 N–H and O–H groups in total. The molecule has 0 bridgehead atoms. The van der Waals surface area contributed by atoms with Crippen LogP contribution in [-0.2, 0) is 10.2 Å². The number of nitrogens with zero attached hydrogens (tertiary/aromatic N) is 1. The van der Waals surface area contributed by atoms with Crippen molar-refractivity contribution in [3.05, 3.63) is 54.1 Å². The number of benzene rings is 2. The largest absolute Gasteiger partial charge is 0.481 e. The molecular formula is C18H21NO2. The Hall–Kier alpha value is -2.29. The van der Waals surface area contributed by atoms with Crippen LogP contribution in [0.3, 0.4) is 0 Å². The van der Waals surface area contributed by atoms with Crippen molar-refractivity contribution in [3.63, 3.8) is 0 Å². The molecule has 0 atom stereocenters. The second-order valence-corrected chi connectivity index (χ2v) is 5.92. The molecule has 0 aromatic heterocycles. The molecule has 0 saturated carbocycles. The number of anilines is 1. The molecule has 0 fully saturated rings. The first kappa shape index (κ1) is 15.1. The molecule has 0 unspecified atom stereocenters. The van der Waals surface area contributed by atoms with Gasteiger partial charge < -0.3 is 10.0 Å². The van der Waals surface area contributed by atoms with Gasteiger partial charge in [-0.25, -0.2) is 0 Å². The van der Waals surface area contributed by atoms with E-state index in [2.05, 4.69) is 0 Å². The average Bonchev–Trinajstić information content (AvgIpc) is 2.47. The molecule has 21 heavy (non-hydrogen) atoms. The van der Waals surface area contributed by atoms with E-state index >= 15 is 0 Å². The third kappa shape index (κ3) is 2.92. The van der Waals surface area contributed by atoms with Crippen LogP contribution < -0.4 is 4.90 Å². The van der Waals surface area contributed by atoms with Gasteiger partial charge in [-0.15, -0.1) is 0 Å². The molecule has 0 aliphatic carbocycles. The van der Waals surface area contributed by atoms with Gasteiger partial charge in [0.2, 0.25) is 0 Å². The Morgan fingerprint density at radius 1 is 1.00 bits per heavy atom. The number of rotatable bonds is 4. The fourth-order valence-corrected chi connectivity index (χ4v) is 2.33. The summed E-state index contributed by atoms with van der Waals surface area (Å²) in [5, 5.41) is 9.48. The van der Waals surface area contributed by atoms with Gasteiger partial charge in [-0.1, -0.05) is 36.4 Å². The highest BCUT2D eigenvalue weighted by Crippen LogP contribution is 2.34. The minimum Gasteiger partial charge on any atom is -0.481 e. The van der Waals surface area contributed by atoms with E-state index in [1.807, 2.05) is 67.5 Å². The van der Waals surface area contributed by atoms with Gasteiger partial charge in [-0.2, -0.15) is 0 Å². The van der Waals surface area contributed by atoms with Crippen molar-refractivity contribution in [2.75, 3.05) is 19.0 Å². The van der Waals surface area contributed by atoms with Crippen molar-refractivity contribution in [1.29, 1.82) is 0 Å². The topological polar surface area (TPSA) is 40.5 Å². The molecule has 0 amide bonds. The predicted molar refractivity (Wildman–Crippen MR) is 86.9 cm³/mol. The molecule has 0 heterocycles. The summed E-state index contributed by atoms with van der Waals surface area (Å²) < 4.78 is 0. The normalized spacial score (nSPS) is 11.2. The van der Waals surface area contributed by atoms with Gasteiger partial charge >= 0.3 is 5.97 Å². The monoisotopic (exact) mass is 283 g/mol. The van der Waals surface area contributed by atoms with Crippen LogP contribution in [0.25, 0.3) is 11.1 Å². The Labute approximate surface area is 125 Å². The second-order valence-electron chi connectivity index (χ2n) is 5.92. The molecular weight excluding hydrogens is 262 g/mol. The summed E-state index contributed by atoms with van der Waals surface area (Å²) in [7, 11) is 3.99. The molecule has 2 aromatic carbocycles. The number of carbonyl (C=O) groups is 1. The van der Waals surface area contributed by atoms with Gasteiger partial charge in [0.1, 0.15) is 0 Å². The van der Waals surface area contributed by atoms with E-state index in [-0.39, 0.29) is 0 Å². The van der Waals surface area contributed by atoms with Gasteiger partial charge in [-0.05, 0) is 42.7 Å². The SMILES string of the molecule is CN(C)c1ccc(-c2ccccc2C(C)(C)C(=O)O)cc1. The molecule has 0 aliphatic heterocycles. The van der Waals surface area contributed by atoms with Crippen LogP contribution in [0.5, 0.6) is 0 Å². The first-order chi connectivity index (χ1) is 9.84. The lowest BCUT2D eigenvalue weighted by molar-refractivity contribution is -0.142. The summed E-state index contributed by atoms with van der Waals surface area (Å²) >= 11 is 0. The predicted octanol–water partition coefficient (Wildman–Crippen LogP) is 3.78. The minimum absolute atomic E-state index is 0.820. The Bertz CT molecular complexity index is 643. The Kier molecular flexibility index (Phi) is 4.03. The molecule has 110 valence electrons. The van der Waals surface area contributed by atoms with Crippen LogP contribution in [0.2, 0.25) is 0 Å². The number of hydrogen-bond acceptors (Lipinski definition) is 2. The van der Waals surface area contributed by atoms with Crippen molar-refractivity contribution in [1.82, 2.24) is 0 Å². The maximum Gasteiger partial charge on any atom is 0.313 e. The summed E-state index contributed by atoms with van der Waals surface area (Å²) in [4.78, 5) is 13.6. The second kappa shape index (κ2) is 5.60. The van der Waals surface area contributed by atoms with Gasteiger partial charge in [0.15, 0.2) is 0 Å². The highest BCUT2D eigenvalue weighted by atomic mass is 16.4. The van der Waals surface area contributed by atoms with Crippen LogP contribution in [-0.4, -0.2) is 25.2 Å². The Morgan fingerprint density at radius 2 is 1.57 bits per heavy atom. The summed E-state index contributed by atoms with van der Waals surface area (Å²) in [6, 6.07) is 15.8. The molecule has 0 saturated heterocycles.